The van der Waals surface area contributed by atoms with Crippen LogP contribution in [0.3, 0.4) is 0 Å². The van der Waals surface area contributed by atoms with Crippen LogP contribution in [0.4, 0.5) is 0 Å². The smallest absolute Gasteiger partial charge is 0.160 e. The van der Waals surface area contributed by atoms with Gasteiger partial charge in [-0.05, 0) is 97.9 Å². The molecular weight excluding hydrogens is 388 g/mol. The minimum Gasteiger partial charge on any atom is -0.389 e. The zero-order valence-electron chi connectivity index (χ0n) is 19.8. The van der Waals surface area contributed by atoms with E-state index in [1.165, 1.54) is 6.42 Å². The first-order valence-corrected chi connectivity index (χ1v) is 12.9. The standard InChI is InChI=1S/C27H42O4/c1-16(2)23-8-7-22(24(29)31-23)27(30)14-11-21-19-6-5-17-15-18(28)9-12-25(17,3)20(19)10-13-26(21,27)4/h9,12,16-17,19-24,29-30H,5-8,10-11,13-15H2,1-4H3. The normalized spacial score (nSPS) is 54.4. The quantitative estimate of drug-likeness (QED) is 0.656. The first-order valence-electron chi connectivity index (χ1n) is 12.9. The third kappa shape index (κ3) is 3.07. The van der Waals surface area contributed by atoms with E-state index in [0.29, 0.717) is 41.8 Å². The van der Waals surface area contributed by atoms with E-state index in [4.69, 9.17) is 4.74 Å². The molecule has 4 aliphatic carbocycles. The predicted molar refractivity (Wildman–Crippen MR) is 120 cm³/mol. The van der Waals surface area contributed by atoms with Crippen LogP contribution >= 0.6 is 0 Å². The number of carbonyl (C=O) groups excluding carboxylic acids is 1. The Bertz CT molecular complexity index is 760. The summed E-state index contributed by atoms with van der Waals surface area (Å²) in [5.74, 6) is 2.69. The van der Waals surface area contributed by atoms with Gasteiger partial charge in [-0.25, -0.2) is 0 Å². The molecule has 31 heavy (non-hydrogen) atoms. The van der Waals surface area contributed by atoms with Gasteiger partial charge in [0.25, 0.3) is 0 Å². The van der Waals surface area contributed by atoms with Crippen molar-refractivity contribution in [1.29, 1.82) is 0 Å². The molecule has 0 amide bonds. The van der Waals surface area contributed by atoms with E-state index < -0.39 is 11.9 Å². The van der Waals surface area contributed by atoms with E-state index >= 15 is 0 Å². The second-order valence-electron chi connectivity index (χ2n) is 12.4. The monoisotopic (exact) mass is 430 g/mol. The van der Waals surface area contributed by atoms with Crippen LogP contribution in [0.15, 0.2) is 12.2 Å². The maximum absolute atomic E-state index is 12.2. The molecule has 0 bridgehead atoms. The van der Waals surface area contributed by atoms with Crippen molar-refractivity contribution >= 4 is 5.78 Å². The molecule has 5 aliphatic rings. The zero-order valence-corrected chi connectivity index (χ0v) is 19.8. The molecule has 0 spiro atoms. The number of ketones is 1. The molecule has 5 rings (SSSR count). The predicted octanol–water partition coefficient (Wildman–Crippen LogP) is 4.87. The van der Waals surface area contributed by atoms with Gasteiger partial charge in [-0.2, -0.15) is 0 Å². The van der Waals surface area contributed by atoms with E-state index in [9.17, 15) is 15.0 Å². The molecule has 0 aromatic heterocycles. The maximum atomic E-state index is 12.2. The molecule has 10 atom stereocenters. The molecule has 1 saturated heterocycles. The largest absolute Gasteiger partial charge is 0.389 e. The molecule has 174 valence electrons. The number of ether oxygens (including phenoxy) is 1. The summed E-state index contributed by atoms with van der Waals surface area (Å²) in [6.45, 7) is 9.00. The molecular formula is C27H42O4. The number of rotatable bonds is 2. The fourth-order valence-corrected chi connectivity index (χ4v) is 9.09. The van der Waals surface area contributed by atoms with Crippen molar-refractivity contribution in [2.45, 2.75) is 103 Å². The van der Waals surface area contributed by atoms with Crippen LogP contribution in [-0.2, 0) is 9.53 Å². The average molecular weight is 431 g/mol. The number of aliphatic hydroxyl groups is 2. The molecule has 4 heteroatoms. The molecule has 2 N–H and O–H groups in total. The van der Waals surface area contributed by atoms with Gasteiger partial charge in [0.05, 0.1) is 11.7 Å². The lowest BCUT2D eigenvalue weighted by molar-refractivity contribution is -0.266. The summed E-state index contributed by atoms with van der Waals surface area (Å²) in [5.41, 5.74) is -0.887. The van der Waals surface area contributed by atoms with Gasteiger partial charge in [0, 0.05) is 12.3 Å². The summed E-state index contributed by atoms with van der Waals surface area (Å²) in [5, 5.41) is 23.1. The maximum Gasteiger partial charge on any atom is 0.160 e. The summed E-state index contributed by atoms with van der Waals surface area (Å²) < 4.78 is 6.02. The number of carbonyl (C=O) groups is 1. The molecule has 3 saturated carbocycles. The van der Waals surface area contributed by atoms with Crippen LogP contribution < -0.4 is 0 Å². The Morgan fingerprint density at radius 3 is 2.45 bits per heavy atom. The van der Waals surface area contributed by atoms with Gasteiger partial charge >= 0.3 is 0 Å². The molecule has 0 aromatic rings. The minimum absolute atomic E-state index is 0.0895. The fraction of sp³-hybridized carbons (Fsp3) is 0.889. The van der Waals surface area contributed by atoms with Gasteiger partial charge in [-0.3, -0.25) is 4.79 Å². The highest BCUT2D eigenvalue weighted by Gasteiger charge is 2.67. The van der Waals surface area contributed by atoms with Crippen LogP contribution in [0.2, 0.25) is 0 Å². The van der Waals surface area contributed by atoms with Crippen molar-refractivity contribution in [2.75, 3.05) is 0 Å². The van der Waals surface area contributed by atoms with Gasteiger partial charge in [0.2, 0.25) is 0 Å². The van der Waals surface area contributed by atoms with Crippen LogP contribution in [0.5, 0.6) is 0 Å². The zero-order chi connectivity index (χ0) is 22.2. The lowest BCUT2D eigenvalue weighted by Crippen LogP contribution is -2.60. The van der Waals surface area contributed by atoms with Crippen LogP contribution in [0.1, 0.15) is 85.5 Å². The first kappa shape index (κ1) is 22.1. The number of aliphatic hydroxyl groups excluding tert-OH is 1. The Labute approximate surface area is 187 Å². The summed E-state index contributed by atoms with van der Waals surface area (Å²) in [4.78, 5) is 12.1. The Balaban J connectivity index is 1.40. The van der Waals surface area contributed by atoms with Crippen LogP contribution in [-0.4, -0.2) is 34.0 Å². The summed E-state index contributed by atoms with van der Waals surface area (Å²) in [6, 6.07) is 0. The molecule has 10 unspecified atom stereocenters. The SMILES string of the molecule is CC(C)C1CCC(C2(O)CCC3C4CCC5CC(=O)C=CC5(C)C4CCC32C)C(O)O1. The minimum atomic E-state index is -0.861. The third-order valence-corrected chi connectivity index (χ3v) is 11.0. The van der Waals surface area contributed by atoms with Gasteiger partial charge in [-0.1, -0.05) is 33.8 Å². The lowest BCUT2D eigenvalue weighted by Gasteiger charge is -2.61. The Morgan fingerprint density at radius 1 is 1.00 bits per heavy atom. The average Bonchev–Trinajstić information content (AvgIpc) is 3.00. The summed E-state index contributed by atoms with van der Waals surface area (Å²) in [6.07, 6.45) is 12.1. The van der Waals surface area contributed by atoms with Crippen molar-refractivity contribution < 1.29 is 19.7 Å². The van der Waals surface area contributed by atoms with Crippen molar-refractivity contribution in [1.82, 2.24) is 0 Å². The Kier molecular flexibility index (Phi) is 5.27. The number of fused-ring (bicyclic) bond motifs is 5. The fourth-order valence-electron chi connectivity index (χ4n) is 9.09. The highest BCUT2D eigenvalue weighted by molar-refractivity contribution is 5.91. The van der Waals surface area contributed by atoms with Crippen LogP contribution in [0.25, 0.3) is 0 Å². The van der Waals surface area contributed by atoms with E-state index in [-0.39, 0.29) is 22.9 Å². The Hall–Kier alpha value is -0.710. The number of hydrogen-bond acceptors (Lipinski definition) is 4. The summed E-state index contributed by atoms with van der Waals surface area (Å²) >= 11 is 0. The van der Waals surface area contributed by atoms with E-state index in [1.54, 1.807) is 0 Å². The van der Waals surface area contributed by atoms with Gasteiger partial charge in [0.15, 0.2) is 12.1 Å². The molecule has 1 heterocycles. The van der Waals surface area contributed by atoms with Crippen LogP contribution in [0, 0.1) is 46.3 Å². The topological polar surface area (TPSA) is 66.8 Å². The van der Waals surface area contributed by atoms with Crippen molar-refractivity contribution in [3.63, 3.8) is 0 Å². The van der Waals surface area contributed by atoms with Gasteiger partial charge in [-0.15, -0.1) is 0 Å². The third-order valence-electron chi connectivity index (χ3n) is 11.0. The number of hydrogen-bond donors (Lipinski definition) is 2. The van der Waals surface area contributed by atoms with Crippen molar-refractivity contribution in [3.05, 3.63) is 12.2 Å². The molecule has 0 radical (unpaired) electrons. The van der Waals surface area contributed by atoms with Crippen molar-refractivity contribution in [2.24, 2.45) is 46.3 Å². The van der Waals surface area contributed by atoms with Gasteiger partial charge in [0.1, 0.15) is 0 Å². The number of allylic oxidation sites excluding steroid dienone is 2. The second-order valence-corrected chi connectivity index (χ2v) is 12.4. The molecule has 1 aliphatic heterocycles. The first-order chi connectivity index (χ1) is 14.6. The lowest BCUT2D eigenvalue weighted by atomic mass is 9.45. The molecule has 4 nitrogen and oxygen atoms in total. The second kappa shape index (κ2) is 7.40. The highest BCUT2D eigenvalue weighted by atomic mass is 16.6. The van der Waals surface area contributed by atoms with Gasteiger partial charge < -0.3 is 14.9 Å². The van der Waals surface area contributed by atoms with Crippen molar-refractivity contribution in [3.8, 4) is 0 Å². The summed E-state index contributed by atoms with van der Waals surface area (Å²) in [7, 11) is 0. The molecule has 4 fully saturated rings. The highest BCUT2D eigenvalue weighted by Crippen LogP contribution is 2.69. The van der Waals surface area contributed by atoms with E-state index in [0.717, 1.165) is 44.9 Å². The van der Waals surface area contributed by atoms with E-state index in [1.807, 2.05) is 6.08 Å². The molecule has 0 aromatic carbocycles. The van der Waals surface area contributed by atoms with E-state index in [2.05, 4.69) is 33.8 Å². The Morgan fingerprint density at radius 2 is 1.74 bits per heavy atom.